The number of hydrogen-bond acceptors (Lipinski definition) is 4. The van der Waals surface area contributed by atoms with Gasteiger partial charge < -0.3 is 10.6 Å². The summed E-state index contributed by atoms with van der Waals surface area (Å²) in [6, 6.07) is 6.15. The van der Waals surface area contributed by atoms with Crippen molar-refractivity contribution >= 4 is 11.7 Å². The van der Waals surface area contributed by atoms with E-state index in [4.69, 9.17) is 0 Å². The molecule has 0 unspecified atom stereocenters. The zero-order chi connectivity index (χ0) is 15.1. The van der Waals surface area contributed by atoms with Gasteiger partial charge in [0, 0.05) is 26.6 Å². The van der Waals surface area contributed by atoms with Crippen LogP contribution in [0, 0.1) is 5.92 Å². The molecule has 1 aromatic heterocycles. The molecule has 2 heterocycles. The van der Waals surface area contributed by atoms with Crippen LogP contribution in [0.25, 0.3) is 0 Å². The van der Waals surface area contributed by atoms with E-state index in [-0.39, 0.29) is 5.91 Å². The number of pyridine rings is 1. The summed E-state index contributed by atoms with van der Waals surface area (Å²) in [6.07, 6.45) is 2.29. The normalized spacial score (nSPS) is 16.7. The van der Waals surface area contributed by atoms with Crippen molar-refractivity contribution in [3.05, 3.63) is 23.9 Å². The number of carbonyl (C=O) groups is 1. The third-order valence-corrected chi connectivity index (χ3v) is 3.90. The van der Waals surface area contributed by atoms with Crippen molar-refractivity contribution in [3.63, 3.8) is 0 Å². The number of aromatic nitrogens is 1. The maximum Gasteiger partial charge on any atom is 0.216 e. The SMILES string of the molecule is CCNc1cccc(CN2CCC(CNC(C)=O)CC2)n1. The Bertz CT molecular complexity index is 455. The van der Waals surface area contributed by atoms with Gasteiger partial charge in [0.2, 0.25) is 5.91 Å². The highest BCUT2D eigenvalue weighted by Crippen LogP contribution is 2.18. The Hall–Kier alpha value is -1.62. The lowest BCUT2D eigenvalue weighted by Gasteiger charge is -2.31. The average Bonchev–Trinajstić information content (AvgIpc) is 2.47. The highest BCUT2D eigenvalue weighted by atomic mass is 16.1. The van der Waals surface area contributed by atoms with E-state index in [0.717, 1.165) is 57.1 Å². The van der Waals surface area contributed by atoms with Gasteiger partial charge in [-0.25, -0.2) is 4.98 Å². The first kappa shape index (κ1) is 15.8. The lowest BCUT2D eigenvalue weighted by atomic mass is 9.96. The van der Waals surface area contributed by atoms with Gasteiger partial charge in [-0.1, -0.05) is 6.07 Å². The molecule has 2 N–H and O–H groups in total. The topological polar surface area (TPSA) is 57.3 Å². The molecule has 0 bridgehead atoms. The summed E-state index contributed by atoms with van der Waals surface area (Å²) in [5.41, 5.74) is 1.12. The van der Waals surface area contributed by atoms with Crippen LogP contribution in [-0.4, -0.2) is 42.0 Å². The minimum absolute atomic E-state index is 0.0712. The molecule has 1 fully saturated rings. The first-order valence-electron chi connectivity index (χ1n) is 7.84. The van der Waals surface area contributed by atoms with Crippen LogP contribution in [0.3, 0.4) is 0 Å². The van der Waals surface area contributed by atoms with Gasteiger partial charge in [-0.2, -0.15) is 0 Å². The van der Waals surface area contributed by atoms with Crippen LogP contribution in [0.4, 0.5) is 5.82 Å². The molecule has 2 rings (SSSR count). The molecule has 0 aromatic carbocycles. The summed E-state index contributed by atoms with van der Waals surface area (Å²) in [5.74, 6) is 1.64. The molecule has 1 aliphatic heterocycles. The molecule has 0 atom stereocenters. The maximum atomic E-state index is 10.9. The van der Waals surface area contributed by atoms with Crippen LogP contribution in [0.1, 0.15) is 32.4 Å². The summed E-state index contributed by atoms with van der Waals surface area (Å²) < 4.78 is 0. The van der Waals surface area contributed by atoms with E-state index in [2.05, 4.69) is 39.6 Å². The first-order valence-corrected chi connectivity index (χ1v) is 7.84. The average molecular weight is 290 g/mol. The largest absolute Gasteiger partial charge is 0.370 e. The number of piperidine rings is 1. The minimum Gasteiger partial charge on any atom is -0.370 e. The molecule has 0 radical (unpaired) electrons. The van der Waals surface area contributed by atoms with E-state index >= 15 is 0 Å². The van der Waals surface area contributed by atoms with Crippen molar-refractivity contribution in [1.82, 2.24) is 15.2 Å². The van der Waals surface area contributed by atoms with Crippen LogP contribution in [0.2, 0.25) is 0 Å². The summed E-state index contributed by atoms with van der Waals surface area (Å²) >= 11 is 0. The van der Waals surface area contributed by atoms with E-state index in [9.17, 15) is 4.79 Å². The Balaban J connectivity index is 1.78. The molecule has 5 nitrogen and oxygen atoms in total. The van der Waals surface area contributed by atoms with E-state index in [0.29, 0.717) is 5.92 Å². The van der Waals surface area contributed by atoms with Gasteiger partial charge in [-0.15, -0.1) is 0 Å². The molecule has 1 aliphatic rings. The van der Waals surface area contributed by atoms with Crippen LogP contribution in [0.5, 0.6) is 0 Å². The molecular weight excluding hydrogens is 264 g/mol. The zero-order valence-electron chi connectivity index (χ0n) is 13.1. The number of likely N-dealkylation sites (tertiary alicyclic amines) is 1. The summed E-state index contributed by atoms with van der Waals surface area (Å²) in [7, 11) is 0. The highest BCUT2D eigenvalue weighted by molar-refractivity contribution is 5.72. The van der Waals surface area contributed by atoms with Crippen LogP contribution >= 0.6 is 0 Å². The predicted molar refractivity (Wildman–Crippen MR) is 85.1 cm³/mol. The van der Waals surface area contributed by atoms with Gasteiger partial charge in [0.25, 0.3) is 0 Å². The first-order chi connectivity index (χ1) is 10.2. The van der Waals surface area contributed by atoms with Crippen LogP contribution < -0.4 is 10.6 Å². The molecule has 5 heteroatoms. The summed E-state index contributed by atoms with van der Waals surface area (Å²) in [6.45, 7) is 8.44. The number of carbonyl (C=O) groups excluding carboxylic acids is 1. The van der Waals surface area contributed by atoms with E-state index in [1.807, 2.05) is 6.07 Å². The number of hydrogen-bond donors (Lipinski definition) is 2. The van der Waals surface area contributed by atoms with Gasteiger partial charge in [0.15, 0.2) is 0 Å². The van der Waals surface area contributed by atoms with Gasteiger partial charge in [-0.05, 0) is 50.9 Å². The Kier molecular flexibility index (Phi) is 5.99. The van der Waals surface area contributed by atoms with Crippen molar-refractivity contribution in [1.29, 1.82) is 0 Å². The summed E-state index contributed by atoms with van der Waals surface area (Å²) in [5, 5.41) is 6.17. The molecule has 0 aliphatic carbocycles. The van der Waals surface area contributed by atoms with Crippen LogP contribution in [-0.2, 0) is 11.3 Å². The third kappa shape index (κ3) is 5.34. The maximum absolute atomic E-state index is 10.9. The molecule has 0 spiro atoms. The van der Waals surface area contributed by atoms with Gasteiger partial charge >= 0.3 is 0 Å². The number of nitrogens with one attached hydrogen (secondary N) is 2. The van der Waals surface area contributed by atoms with Crippen LogP contribution in [0.15, 0.2) is 18.2 Å². The van der Waals surface area contributed by atoms with Crippen molar-refractivity contribution < 1.29 is 4.79 Å². The number of nitrogens with zero attached hydrogens (tertiary/aromatic N) is 2. The Labute approximate surface area is 127 Å². The zero-order valence-corrected chi connectivity index (χ0v) is 13.1. The number of amides is 1. The monoisotopic (exact) mass is 290 g/mol. The highest BCUT2D eigenvalue weighted by Gasteiger charge is 2.19. The fraction of sp³-hybridized carbons (Fsp3) is 0.625. The molecule has 0 saturated carbocycles. The van der Waals surface area contributed by atoms with Gasteiger partial charge in [-0.3, -0.25) is 9.69 Å². The Morgan fingerprint density at radius 2 is 2.14 bits per heavy atom. The Morgan fingerprint density at radius 3 is 2.81 bits per heavy atom. The Morgan fingerprint density at radius 1 is 1.38 bits per heavy atom. The predicted octanol–water partition coefficient (Wildman–Crippen LogP) is 1.86. The quantitative estimate of drug-likeness (QED) is 0.839. The fourth-order valence-electron chi connectivity index (χ4n) is 2.71. The molecule has 116 valence electrons. The smallest absolute Gasteiger partial charge is 0.216 e. The minimum atomic E-state index is 0.0712. The van der Waals surface area contributed by atoms with E-state index < -0.39 is 0 Å². The van der Waals surface area contributed by atoms with Crippen molar-refractivity contribution in [2.24, 2.45) is 5.92 Å². The molecule has 1 amide bonds. The third-order valence-electron chi connectivity index (χ3n) is 3.90. The number of anilines is 1. The standard InChI is InChI=1S/C16H26N4O/c1-3-17-16-6-4-5-15(19-16)12-20-9-7-14(8-10-20)11-18-13(2)21/h4-6,14H,3,7-12H2,1-2H3,(H,17,19)(H,18,21). The van der Waals surface area contributed by atoms with E-state index in [1.54, 1.807) is 6.92 Å². The lowest BCUT2D eigenvalue weighted by molar-refractivity contribution is -0.119. The van der Waals surface area contributed by atoms with Gasteiger partial charge in [0.1, 0.15) is 5.82 Å². The second kappa shape index (κ2) is 7.98. The van der Waals surface area contributed by atoms with E-state index in [1.165, 1.54) is 0 Å². The second-order valence-corrected chi connectivity index (χ2v) is 5.70. The number of rotatable bonds is 6. The van der Waals surface area contributed by atoms with Gasteiger partial charge in [0.05, 0.1) is 5.69 Å². The lowest BCUT2D eigenvalue weighted by Crippen LogP contribution is -2.38. The molecule has 1 aromatic rings. The fourth-order valence-corrected chi connectivity index (χ4v) is 2.71. The van der Waals surface area contributed by atoms with Crippen molar-refractivity contribution in [2.45, 2.75) is 33.2 Å². The van der Waals surface area contributed by atoms with Crippen molar-refractivity contribution in [3.8, 4) is 0 Å². The summed E-state index contributed by atoms with van der Waals surface area (Å²) in [4.78, 5) is 18.0. The van der Waals surface area contributed by atoms with Crippen molar-refractivity contribution in [2.75, 3.05) is 31.5 Å². The molecular formula is C16H26N4O. The molecule has 21 heavy (non-hydrogen) atoms. The molecule has 1 saturated heterocycles. The second-order valence-electron chi connectivity index (χ2n) is 5.70.